The van der Waals surface area contributed by atoms with E-state index < -0.39 is 11.7 Å². The molecule has 0 aliphatic carbocycles. The van der Waals surface area contributed by atoms with Crippen LogP contribution in [0.4, 0.5) is 24.8 Å². The number of nitrogens with one attached hydrogen (secondary N) is 2. The molecule has 0 amide bonds. The number of fused-ring (bicyclic) bond motifs is 1. The Labute approximate surface area is 181 Å². The summed E-state index contributed by atoms with van der Waals surface area (Å²) in [7, 11) is 0. The molecule has 0 fully saturated rings. The van der Waals surface area contributed by atoms with Gasteiger partial charge in [-0.25, -0.2) is 15.0 Å². The quantitative estimate of drug-likeness (QED) is 0.380. The van der Waals surface area contributed by atoms with E-state index in [1.807, 2.05) is 38.1 Å². The van der Waals surface area contributed by atoms with Gasteiger partial charge in [0.05, 0.1) is 30.1 Å². The fourth-order valence-corrected chi connectivity index (χ4v) is 3.33. The maximum Gasteiger partial charge on any atom is 0.417 e. The molecule has 4 rings (SSSR count). The number of H-pyrrole nitrogens is 1. The normalized spacial score (nSPS) is 12.7. The van der Waals surface area contributed by atoms with E-state index in [0.717, 1.165) is 23.6 Å². The molecular formula is C22H21F3N6O. The zero-order valence-corrected chi connectivity index (χ0v) is 17.4. The van der Waals surface area contributed by atoms with Crippen molar-refractivity contribution in [1.82, 2.24) is 19.9 Å². The zero-order valence-electron chi connectivity index (χ0n) is 17.4. The first-order chi connectivity index (χ1) is 15.3. The standard InChI is InChI=1S/C22H21F3N6O/c1-3-32-15-6-4-13(5-7-15)12(2)30-21-29-11-18(26)19(31-21)17-10-28-20-16(17)8-14(9-27-20)22(23,24)25/h4-12H,3,26H2,1-2H3,(H,27,28)(H,29,30,31). The Bertz CT molecular complexity index is 1240. The van der Waals surface area contributed by atoms with Crippen LogP contribution >= 0.6 is 0 Å². The van der Waals surface area contributed by atoms with Gasteiger partial charge >= 0.3 is 6.18 Å². The number of aromatic amines is 1. The summed E-state index contributed by atoms with van der Waals surface area (Å²) in [5.41, 5.74) is 7.47. The van der Waals surface area contributed by atoms with Crippen LogP contribution in [0.15, 0.2) is 48.9 Å². The summed E-state index contributed by atoms with van der Waals surface area (Å²) in [5.74, 6) is 1.07. The lowest BCUT2D eigenvalue weighted by atomic mass is 10.1. The number of anilines is 2. The molecule has 3 aromatic heterocycles. The summed E-state index contributed by atoms with van der Waals surface area (Å²) in [4.78, 5) is 15.4. The molecule has 1 atom stereocenters. The lowest BCUT2D eigenvalue weighted by Crippen LogP contribution is -2.10. The van der Waals surface area contributed by atoms with Crippen LogP contribution in [0.25, 0.3) is 22.3 Å². The minimum absolute atomic E-state index is 0.136. The van der Waals surface area contributed by atoms with Gasteiger partial charge in [-0.2, -0.15) is 13.2 Å². The fourth-order valence-electron chi connectivity index (χ4n) is 3.33. The van der Waals surface area contributed by atoms with E-state index >= 15 is 0 Å². The number of ether oxygens (including phenoxy) is 1. The van der Waals surface area contributed by atoms with E-state index in [1.165, 1.54) is 12.4 Å². The number of nitrogen functional groups attached to an aromatic ring is 1. The first-order valence-corrected chi connectivity index (χ1v) is 9.92. The molecule has 0 bridgehead atoms. The van der Waals surface area contributed by atoms with Crippen LogP contribution in [-0.2, 0) is 6.18 Å². The Hall–Kier alpha value is -3.82. The van der Waals surface area contributed by atoms with E-state index in [-0.39, 0.29) is 17.1 Å². The Morgan fingerprint density at radius 3 is 2.59 bits per heavy atom. The van der Waals surface area contributed by atoms with Gasteiger partial charge in [0.15, 0.2) is 0 Å². The predicted octanol–water partition coefficient (Wildman–Crippen LogP) is 5.19. The molecule has 0 aliphatic rings. The number of hydrogen-bond acceptors (Lipinski definition) is 6. The van der Waals surface area contributed by atoms with Crippen LogP contribution < -0.4 is 15.8 Å². The maximum atomic E-state index is 13.2. The molecule has 0 saturated heterocycles. The summed E-state index contributed by atoms with van der Waals surface area (Å²) < 4.78 is 44.9. The van der Waals surface area contributed by atoms with Crippen LogP contribution in [0.3, 0.4) is 0 Å². The lowest BCUT2D eigenvalue weighted by molar-refractivity contribution is -0.137. The molecule has 7 nitrogen and oxygen atoms in total. The van der Waals surface area contributed by atoms with E-state index in [4.69, 9.17) is 10.5 Å². The van der Waals surface area contributed by atoms with Gasteiger partial charge in [-0.3, -0.25) is 0 Å². The predicted molar refractivity (Wildman–Crippen MR) is 116 cm³/mol. The molecular weight excluding hydrogens is 421 g/mol. The van der Waals surface area contributed by atoms with Gasteiger partial charge in [0.25, 0.3) is 0 Å². The number of hydrogen-bond donors (Lipinski definition) is 3. The third-order valence-corrected chi connectivity index (χ3v) is 4.97. The van der Waals surface area contributed by atoms with Gasteiger partial charge in [-0.1, -0.05) is 12.1 Å². The summed E-state index contributed by atoms with van der Waals surface area (Å²) in [6.45, 7) is 4.45. The van der Waals surface area contributed by atoms with Crippen molar-refractivity contribution in [3.8, 4) is 17.0 Å². The van der Waals surface area contributed by atoms with Gasteiger partial charge < -0.3 is 20.8 Å². The number of benzene rings is 1. The lowest BCUT2D eigenvalue weighted by Gasteiger charge is -2.16. The molecule has 4 N–H and O–H groups in total. The summed E-state index contributed by atoms with van der Waals surface area (Å²) in [6, 6.07) is 8.53. The van der Waals surface area contributed by atoms with Crippen molar-refractivity contribution in [2.24, 2.45) is 0 Å². The molecule has 0 aliphatic heterocycles. The van der Waals surface area contributed by atoms with Crippen molar-refractivity contribution >= 4 is 22.7 Å². The van der Waals surface area contributed by atoms with E-state index in [1.54, 1.807) is 0 Å². The van der Waals surface area contributed by atoms with Gasteiger partial charge in [0.1, 0.15) is 17.1 Å². The van der Waals surface area contributed by atoms with Gasteiger partial charge in [0.2, 0.25) is 5.95 Å². The Kier molecular flexibility index (Phi) is 5.60. The Morgan fingerprint density at radius 1 is 1.16 bits per heavy atom. The summed E-state index contributed by atoms with van der Waals surface area (Å²) in [6.07, 6.45) is -0.754. The highest BCUT2D eigenvalue weighted by molar-refractivity contribution is 5.95. The van der Waals surface area contributed by atoms with E-state index in [9.17, 15) is 13.2 Å². The highest BCUT2D eigenvalue weighted by Crippen LogP contribution is 2.35. The summed E-state index contributed by atoms with van der Waals surface area (Å²) >= 11 is 0. The molecule has 0 radical (unpaired) electrons. The highest BCUT2D eigenvalue weighted by Gasteiger charge is 2.31. The van der Waals surface area contributed by atoms with E-state index in [2.05, 4.69) is 25.3 Å². The topological polar surface area (TPSA) is 102 Å². The molecule has 1 unspecified atom stereocenters. The fraction of sp³-hybridized carbons (Fsp3) is 0.227. The van der Waals surface area contributed by atoms with Crippen LogP contribution in [0, 0.1) is 0 Å². The van der Waals surface area contributed by atoms with Crippen molar-refractivity contribution in [2.75, 3.05) is 17.7 Å². The van der Waals surface area contributed by atoms with Crippen LogP contribution in [0.2, 0.25) is 0 Å². The average Bonchev–Trinajstić information content (AvgIpc) is 3.18. The second-order valence-corrected chi connectivity index (χ2v) is 7.19. The Morgan fingerprint density at radius 2 is 1.91 bits per heavy atom. The zero-order chi connectivity index (χ0) is 22.9. The largest absolute Gasteiger partial charge is 0.494 e. The van der Waals surface area contributed by atoms with Crippen molar-refractivity contribution in [3.63, 3.8) is 0 Å². The van der Waals surface area contributed by atoms with Gasteiger partial charge in [-0.05, 0) is 37.6 Å². The number of halogens is 3. The van der Waals surface area contributed by atoms with Crippen molar-refractivity contribution < 1.29 is 17.9 Å². The smallest absolute Gasteiger partial charge is 0.417 e. The molecule has 32 heavy (non-hydrogen) atoms. The monoisotopic (exact) mass is 442 g/mol. The number of aromatic nitrogens is 4. The average molecular weight is 442 g/mol. The number of nitrogens with zero attached hydrogens (tertiary/aromatic N) is 3. The maximum absolute atomic E-state index is 13.2. The number of alkyl halides is 3. The SMILES string of the molecule is CCOc1ccc(C(C)Nc2ncc(N)c(-c3c[nH]c4ncc(C(F)(F)F)cc34)n2)cc1. The molecule has 3 heterocycles. The minimum atomic E-state index is -4.51. The van der Waals surface area contributed by atoms with Crippen LogP contribution in [0.5, 0.6) is 5.75 Å². The van der Waals surface area contributed by atoms with E-state index in [0.29, 0.717) is 29.5 Å². The third-order valence-electron chi connectivity index (χ3n) is 4.97. The number of nitrogens with two attached hydrogens (primary N) is 1. The molecule has 1 aromatic carbocycles. The molecule has 10 heteroatoms. The molecule has 0 saturated carbocycles. The Balaban J connectivity index is 1.64. The first-order valence-electron chi connectivity index (χ1n) is 9.92. The second-order valence-electron chi connectivity index (χ2n) is 7.19. The molecule has 4 aromatic rings. The number of rotatable bonds is 6. The molecule has 166 valence electrons. The van der Waals surface area contributed by atoms with Crippen molar-refractivity contribution in [3.05, 3.63) is 60.0 Å². The van der Waals surface area contributed by atoms with Crippen molar-refractivity contribution in [1.29, 1.82) is 0 Å². The van der Waals surface area contributed by atoms with Gasteiger partial charge in [-0.15, -0.1) is 0 Å². The van der Waals surface area contributed by atoms with Crippen LogP contribution in [0.1, 0.15) is 31.0 Å². The summed E-state index contributed by atoms with van der Waals surface area (Å²) in [5, 5.41) is 3.47. The van der Waals surface area contributed by atoms with Gasteiger partial charge in [0, 0.05) is 23.3 Å². The second kappa shape index (κ2) is 8.37. The van der Waals surface area contributed by atoms with Crippen molar-refractivity contribution in [2.45, 2.75) is 26.1 Å². The highest BCUT2D eigenvalue weighted by atomic mass is 19.4. The first kappa shape index (κ1) is 21.4. The van der Waals surface area contributed by atoms with Crippen LogP contribution in [-0.4, -0.2) is 26.5 Å². The molecule has 0 spiro atoms. The third kappa shape index (κ3) is 4.29. The minimum Gasteiger partial charge on any atom is -0.494 e. The number of pyridine rings is 1.